The zero-order valence-corrected chi connectivity index (χ0v) is 17.8. The number of aryl methyl sites for hydroxylation is 1. The lowest BCUT2D eigenvalue weighted by Crippen LogP contribution is -2.11. The normalized spacial score (nSPS) is 11.4. The van der Waals surface area contributed by atoms with Gasteiger partial charge in [-0.1, -0.05) is 18.2 Å². The summed E-state index contributed by atoms with van der Waals surface area (Å²) < 4.78 is 49.3. The minimum Gasteiger partial charge on any atom is -0.494 e. The van der Waals surface area contributed by atoms with E-state index in [2.05, 4.69) is 5.10 Å². The molecule has 0 aliphatic rings. The molecule has 0 N–H and O–H groups in total. The van der Waals surface area contributed by atoms with Gasteiger partial charge in [0, 0.05) is 23.9 Å². The Labute approximate surface area is 174 Å². The van der Waals surface area contributed by atoms with Crippen molar-refractivity contribution in [1.82, 2.24) is 9.78 Å². The number of hydrogen-bond donors (Lipinski definition) is 0. The quantitative estimate of drug-likeness (QED) is 0.554. The Morgan fingerprint density at radius 3 is 2.23 bits per heavy atom. The van der Waals surface area contributed by atoms with Crippen molar-refractivity contribution in [2.45, 2.75) is 18.4 Å². The van der Waals surface area contributed by atoms with Gasteiger partial charge in [0.25, 0.3) is 0 Å². The monoisotopic (exact) mass is 432 g/mol. The van der Waals surface area contributed by atoms with E-state index in [0.29, 0.717) is 28.9 Å². The number of carbonyl (C=O) groups is 1. The Kier molecular flexibility index (Phi) is 5.93. The molecule has 0 aliphatic heterocycles. The Balaban J connectivity index is 2.29. The van der Waals surface area contributed by atoms with Gasteiger partial charge >= 0.3 is 5.97 Å². The van der Waals surface area contributed by atoms with Crippen molar-refractivity contribution in [3.8, 4) is 28.1 Å². The van der Waals surface area contributed by atoms with Gasteiger partial charge in [0.05, 0.1) is 19.1 Å². The van der Waals surface area contributed by atoms with Gasteiger partial charge in [0.2, 0.25) is 0 Å². The third-order valence-electron chi connectivity index (χ3n) is 4.63. The summed E-state index contributed by atoms with van der Waals surface area (Å²) in [5.74, 6) is -1.14. The van der Waals surface area contributed by atoms with Gasteiger partial charge in [-0.15, -0.1) is 0 Å². The highest BCUT2D eigenvalue weighted by atomic mass is 32.2. The Morgan fingerprint density at radius 2 is 1.73 bits per heavy atom. The summed E-state index contributed by atoms with van der Waals surface area (Å²) in [7, 11) is -0.744. The molecule has 0 bridgehead atoms. The van der Waals surface area contributed by atoms with Crippen molar-refractivity contribution < 1.29 is 27.1 Å². The number of halogens is 1. The number of hydrogen-bond acceptors (Lipinski definition) is 6. The number of esters is 1. The van der Waals surface area contributed by atoms with Crippen LogP contribution in [0.3, 0.4) is 0 Å². The average Bonchev–Trinajstić information content (AvgIpc) is 3.12. The number of nitrogens with zero attached hydrogens (tertiary/aromatic N) is 2. The molecule has 1 aromatic heterocycles. The van der Waals surface area contributed by atoms with Crippen LogP contribution in [0.4, 0.5) is 4.39 Å². The van der Waals surface area contributed by atoms with E-state index >= 15 is 0 Å². The maximum Gasteiger partial charge on any atom is 0.356 e. The predicted octanol–water partition coefficient (Wildman–Crippen LogP) is 3.57. The molecule has 0 radical (unpaired) electrons. The van der Waals surface area contributed by atoms with Gasteiger partial charge in [-0.3, -0.25) is 4.68 Å². The fraction of sp³-hybridized carbons (Fsp3) is 0.238. The standard InChI is InChI=1S/C21H21FN2O5S/c1-5-24-20(21(25)29-3)18(14-8-11-17(28-2)16(22)12-14)19(23-24)13-6-9-15(10-7-13)30(4,26)27/h6-12H,5H2,1-4H3. The van der Waals surface area contributed by atoms with E-state index in [-0.39, 0.29) is 16.3 Å². The average molecular weight is 432 g/mol. The first kappa shape index (κ1) is 21.5. The van der Waals surface area contributed by atoms with E-state index < -0.39 is 21.6 Å². The third-order valence-corrected chi connectivity index (χ3v) is 5.76. The largest absolute Gasteiger partial charge is 0.494 e. The van der Waals surface area contributed by atoms with Crippen LogP contribution in [-0.4, -0.2) is 44.6 Å². The topological polar surface area (TPSA) is 87.5 Å². The van der Waals surface area contributed by atoms with E-state index in [1.165, 1.54) is 43.2 Å². The minimum atomic E-state index is -3.37. The van der Waals surface area contributed by atoms with E-state index in [1.54, 1.807) is 18.2 Å². The van der Waals surface area contributed by atoms with E-state index in [4.69, 9.17) is 9.47 Å². The van der Waals surface area contributed by atoms with Gasteiger partial charge in [-0.2, -0.15) is 5.10 Å². The molecule has 0 amide bonds. The lowest BCUT2D eigenvalue weighted by atomic mass is 9.98. The molecule has 9 heteroatoms. The van der Waals surface area contributed by atoms with Gasteiger partial charge < -0.3 is 9.47 Å². The highest BCUT2D eigenvalue weighted by Gasteiger charge is 2.26. The highest BCUT2D eigenvalue weighted by molar-refractivity contribution is 7.90. The summed E-state index contributed by atoms with van der Waals surface area (Å²) >= 11 is 0. The molecule has 3 rings (SSSR count). The zero-order chi connectivity index (χ0) is 22.1. The first-order chi connectivity index (χ1) is 14.2. The molecule has 7 nitrogen and oxygen atoms in total. The molecular formula is C21H21FN2O5S. The molecule has 2 aromatic carbocycles. The molecule has 0 fully saturated rings. The molecule has 0 saturated carbocycles. The molecule has 158 valence electrons. The van der Waals surface area contributed by atoms with Crippen LogP contribution in [0.1, 0.15) is 17.4 Å². The number of ether oxygens (including phenoxy) is 2. The molecular weight excluding hydrogens is 411 g/mol. The van der Waals surface area contributed by atoms with Gasteiger partial charge in [-0.05, 0) is 36.8 Å². The molecule has 3 aromatic rings. The van der Waals surface area contributed by atoms with Crippen molar-refractivity contribution in [3.63, 3.8) is 0 Å². The number of benzene rings is 2. The number of carbonyl (C=O) groups excluding carboxylic acids is 1. The maximum atomic E-state index is 14.4. The molecule has 30 heavy (non-hydrogen) atoms. The summed E-state index contributed by atoms with van der Waals surface area (Å²) in [4.78, 5) is 12.7. The van der Waals surface area contributed by atoms with Crippen LogP contribution in [0, 0.1) is 5.82 Å². The van der Waals surface area contributed by atoms with Crippen LogP contribution in [-0.2, 0) is 21.1 Å². The SMILES string of the molecule is CCn1nc(-c2ccc(S(C)(=O)=O)cc2)c(-c2ccc(OC)c(F)c2)c1C(=O)OC. The van der Waals surface area contributed by atoms with Crippen molar-refractivity contribution in [2.75, 3.05) is 20.5 Å². The molecule has 0 atom stereocenters. The number of aromatic nitrogens is 2. The van der Waals surface area contributed by atoms with Gasteiger partial charge in [0.15, 0.2) is 27.1 Å². The number of rotatable bonds is 6. The Morgan fingerprint density at radius 1 is 1.10 bits per heavy atom. The van der Waals surface area contributed by atoms with Gasteiger partial charge in [-0.25, -0.2) is 17.6 Å². The van der Waals surface area contributed by atoms with E-state index in [9.17, 15) is 17.6 Å². The highest BCUT2D eigenvalue weighted by Crippen LogP contribution is 2.37. The number of methoxy groups -OCH3 is 2. The lowest BCUT2D eigenvalue weighted by Gasteiger charge is -2.09. The van der Waals surface area contributed by atoms with E-state index in [0.717, 1.165) is 6.26 Å². The summed E-state index contributed by atoms with van der Waals surface area (Å²) in [6, 6.07) is 10.5. The molecule has 1 heterocycles. The maximum absolute atomic E-state index is 14.4. The second-order valence-electron chi connectivity index (χ2n) is 6.53. The molecule has 0 spiro atoms. The van der Waals surface area contributed by atoms with E-state index in [1.807, 2.05) is 6.92 Å². The zero-order valence-electron chi connectivity index (χ0n) is 17.0. The van der Waals surface area contributed by atoms with Crippen molar-refractivity contribution in [2.24, 2.45) is 0 Å². The molecule has 0 unspecified atom stereocenters. The smallest absolute Gasteiger partial charge is 0.356 e. The number of sulfone groups is 1. The van der Waals surface area contributed by atoms with Crippen LogP contribution < -0.4 is 4.74 Å². The van der Waals surface area contributed by atoms with Crippen LogP contribution in [0.15, 0.2) is 47.4 Å². The third kappa shape index (κ3) is 3.93. The molecule has 0 aliphatic carbocycles. The summed E-state index contributed by atoms with van der Waals surface area (Å²) in [5.41, 5.74) is 1.95. The summed E-state index contributed by atoms with van der Waals surface area (Å²) in [6.45, 7) is 2.19. The summed E-state index contributed by atoms with van der Waals surface area (Å²) in [5, 5.41) is 4.52. The minimum absolute atomic E-state index is 0.0697. The fourth-order valence-electron chi connectivity index (χ4n) is 3.15. The fourth-order valence-corrected chi connectivity index (χ4v) is 3.78. The van der Waals surface area contributed by atoms with Crippen molar-refractivity contribution in [1.29, 1.82) is 0 Å². The van der Waals surface area contributed by atoms with Gasteiger partial charge in [0.1, 0.15) is 5.69 Å². The first-order valence-electron chi connectivity index (χ1n) is 9.04. The van der Waals surface area contributed by atoms with Crippen LogP contribution in [0.25, 0.3) is 22.4 Å². The van der Waals surface area contributed by atoms with Crippen molar-refractivity contribution >= 4 is 15.8 Å². The Hall–Kier alpha value is -3.20. The Bertz CT molecular complexity index is 1200. The second-order valence-corrected chi connectivity index (χ2v) is 8.54. The predicted molar refractivity (Wildman–Crippen MR) is 110 cm³/mol. The first-order valence-corrected chi connectivity index (χ1v) is 10.9. The van der Waals surface area contributed by atoms with Crippen molar-refractivity contribution in [3.05, 3.63) is 54.0 Å². The summed E-state index contributed by atoms with van der Waals surface area (Å²) in [6.07, 6.45) is 1.12. The van der Waals surface area contributed by atoms with Crippen LogP contribution in [0.2, 0.25) is 0 Å². The van der Waals surface area contributed by atoms with Crippen LogP contribution >= 0.6 is 0 Å². The second kappa shape index (κ2) is 8.27. The van der Waals surface area contributed by atoms with Crippen LogP contribution in [0.5, 0.6) is 5.75 Å². The molecule has 0 saturated heterocycles. The lowest BCUT2D eigenvalue weighted by molar-refractivity contribution is 0.0587.